The third-order valence-electron chi connectivity index (χ3n) is 0.224. The fourth-order valence-electron chi connectivity index (χ4n) is 0. The molecule has 0 spiro atoms. The second-order valence-electron chi connectivity index (χ2n) is 1.11. The summed E-state index contributed by atoms with van der Waals surface area (Å²) in [5, 5.41) is 7.86. The van der Waals surface area contributed by atoms with E-state index >= 15 is 0 Å². The maximum Gasteiger partial charge on any atom is 0.155 e. The molecule has 1 nitrogen and oxygen atoms in total. The highest BCUT2D eigenvalue weighted by molar-refractivity contribution is 4.78. The first kappa shape index (κ1) is 4.54. The molecule has 0 aromatic carbocycles. The van der Waals surface area contributed by atoms with Gasteiger partial charge in [0.2, 0.25) is 0 Å². The SMILES string of the molecule is CC(C)=[C]O. The third kappa shape index (κ3) is 3.54. The Morgan fingerprint density at radius 2 is 1.80 bits per heavy atom. The molecule has 0 aromatic heterocycles. The molecule has 0 amide bonds. The summed E-state index contributed by atoms with van der Waals surface area (Å²) in [6, 6.07) is 0. The smallest absolute Gasteiger partial charge is 0.155 e. The van der Waals surface area contributed by atoms with Gasteiger partial charge in [-0.25, -0.2) is 0 Å². The van der Waals surface area contributed by atoms with Crippen molar-refractivity contribution in [3.63, 3.8) is 0 Å². The van der Waals surface area contributed by atoms with Crippen molar-refractivity contribution < 1.29 is 5.11 Å². The van der Waals surface area contributed by atoms with E-state index in [1.165, 1.54) is 0 Å². The standard InChI is InChI=1S/C4H7O/c1-4(2)3-5/h5H,1-2H3. The zero-order valence-electron chi connectivity index (χ0n) is 3.45. The lowest BCUT2D eigenvalue weighted by atomic mass is 10.4. The molecule has 0 rings (SSSR count). The van der Waals surface area contributed by atoms with E-state index in [9.17, 15) is 0 Å². The molecule has 29 valence electrons. The number of hydrogen-bond donors (Lipinski definition) is 1. The van der Waals surface area contributed by atoms with Crippen molar-refractivity contribution in [2.24, 2.45) is 0 Å². The molecule has 0 aliphatic carbocycles. The quantitative estimate of drug-likeness (QED) is 0.426. The van der Waals surface area contributed by atoms with Gasteiger partial charge in [-0.2, -0.15) is 0 Å². The molecule has 0 atom stereocenters. The van der Waals surface area contributed by atoms with E-state index in [0.29, 0.717) is 0 Å². The summed E-state index contributed by atoms with van der Waals surface area (Å²) >= 11 is 0. The summed E-state index contributed by atoms with van der Waals surface area (Å²) in [5.74, 6) is 0. The summed E-state index contributed by atoms with van der Waals surface area (Å²) < 4.78 is 0. The predicted octanol–water partition coefficient (Wildman–Crippen LogP) is 1.27. The first-order chi connectivity index (χ1) is 2.27. The fourth-order valence-corrected chi connectivity index (χ4v) is 0. The minimum atomic E-state index is 0.810. The topological polar surface area (TPSA) is 20.2 Å². The maximum absolute atomic E-state index is 7.86. The second kappa shape index (κ2) is 1.82. The molecule has 0 fully saturated rings. The molecular weight excluding hydrogens is 64.0 g/mol. The lowest BCUT2D eigenvalue weighted by Crippen LogP contribution is -1.58. The Morgan fingerprint density at radius 3 is 1.80 bits per heavy atom. The molecular formula is C4H7O. The molecule has 1 heteroatoms. The summed E-state index contributed by atoms with van der Waals surface area (Å²) in [6.45, 7) is 3.56. The molecule has 1 N–H and O–H groups in total. The van der Waals surface area contributed by atoms with Crippen LogP contribution in [-0.4, -0.2) is 5.11 Å². The number of hydrogen-bond acceptors (Lipinski definition) is 1. The fraction of sp³-hybridized carbons (Fsp3) is 0.500. The van der Waals surface area contributed by atoms with E-state index in [-0.39, 0.29) is 0 Å². The molecule has 0 saturated heterocycles. The van der Waals surface area contributed by atoms with Crippen molar-refractivity contribution in [2.45, 2.75) is 13.8 Å². The van der Waals surface area contributed by atoms with Gasteiger partial charge >= 0.3 is 0 Å². The van der Waals surface area contributed by atoms with Crippen molar-refractivity contribution in [2.75, 3.05) is 0 Å². The van der Waals surface area contributed by atoms with Crippen LogP contribution in [0.1, 0.15) is 13.8 Å². The molecule has 0 aliphatic rings. The number of aliphatic hydroxyl groups excluding tert-OH is 1. The first-order valence-corrected chi connectivity index (χ1v) is 1.47. The number of allylic oxidation sites excluding steroid dienone is 1. The summed E-state index contributed by atoms with van der Waals surface area (Å²) in [6.07, 6.45) is 1.94. The van der Waals surface area contributed by atoms with Gasteiger partial charge in [0.1, 0.15) is 0 Å². The molecule has 0 heterocycles. The van der Waals surface area contributed by atoms with Crippen molar-refractivity contribution in [3.05, 3.63) is 11.8 Å². The van der Waals surface area contributed by atoms with Crippen LogP contribution in [0.4, 0.5) is 0 Å². The molecule has 0 unspecified atom stereocenters. The van der Waals surface area contributed by atoms with Crippen LogP contribution in [-0.2, 0) is 0 Å². The molecule has 0 bridgehead atoms. The first-order valence-electron chi connectivity index (χ1n) is 1.47. The molecule has 0 saturated carbocycles. The Hall–Kier alpha value is -0.460. The van der Waals surface area contributed by atoms with Crippen molar-refractivity contribution >= 4 is 0 Å². The van der Waals surface area contributed by atoms with Crippen LogP contribution in [0.5, 0.6) is 0 Å². The van der Waals surface area contributed by atoms with Crippen molar-refractivity contribution in [1.82, 2.24) is 0 Å². The van der Waals surface area contributed by atoms with Gasteiger partial charge in [0.15, 0.2) is 6.26 Å². The van der Waals surface area contributed by atoms with Crippen LogP contribution in [0.3, 0.4) is 0 Å². The molecule has 1 radical (unpaired) electrons. The van der Waals surface area contributed by atoms with E-state index in [0.717, 1.165) is 5.57 Å². The Bertz CT molecular complexity index is 41.6. The van der Waals surface area contributed by atoms with Crippen molar-refractivity contribution in [1.29, 1.82) is 0 Å². The largest absolute Gasteiger partial charge is 0.504 e. The van der Waals surface area contributed by atoms with E-state index < -0.39 is 0 Å². The van der Waals surface area contributed by atoms with Gasteiger partial charge in [-0.3, -0.25) is 0 Å². The van der Waals surface area contributed by atoms with Gasteiger partial charge in [-0.1, -0.05) is 0 Å². The monoisotopic (exact) mass is 71.0 g/mol. The average Bonchev–Trinajstić information content (AvgIpc) is 1.38. The lowest BCUT2D eigenvalue weighted by Gasteiger charge is -1.71. The van der Waals surface area contributed by atoms with Gasteiger partial charge in [0.05, 0.1) is 0 Å². The highest BCUT2D eigenvalue weighted by Gasteiger charge is 1.65. The van der Waals surface area contributed by atoms with Gasteiger partial charge in [0.25, 0.3) is 0 Å². The molecule has 5 heavy (non-hydrogen) atoms. The molecule has 0 aliphatic heterocycles. The Balaban J connectivity index is 3.14. The van der Waals surface area contributed by atoms with E-state index in [2.05, 4.69) is 0 Å². The summed E-state index contributed by atoms with van der Waals surface area (Å²) in [4.78, 5) is 0. The lowest BCUT2D eigenvalue weighted by molar-refractivity contribution is 0.435. The highest BCUT2D eigenvalue weighted by Crippen LogP contribution is 1.79. The van der Waals surface area contributed by atoms with Crippen LogP contribution < -0.4 is 0 Å². The Morgan fingerprint density at radius 1 is 1.60 bits per heavy atom. The van der Waals surface area contributed by atoms with E-state index in [1.807, 2.05) is 6.26 Å². The van der Waals surface area contributed by atoms with Crippen LogP contribution in [0.15, 0.2) is 5.57 Å². The summed E-state index contributed by atoms with van der Waals surface area (Å²) in [7, 11) is 0. The van der Waals surface area contributed by atoms with Crippen LogP contribution >= 0.6 is 0 Å². The minimum Gasteiger partial charge on any atom is -0.504 e. The van der Waals surface area contributed by atoms with Crippen LogP contribution in [0.2, 0.25) is 0 Å². The van der Waals surface area contributed by atoms with Gasteiger partial charge in [0, 0.05) is 0 Å². The zero-order chi connectivity index (χ0) is 4.28. The third-order valence-corrected chi connectivity index (χ3v) is 0.224. The van der Waals surface area contributed by atoms with E-state index in [1.54, 1.807) is 13.8 Å². The Kier molecular flexibility index (Phi) is 1.65. The van der Waals surface area contributed by atoms with Crippen LogP contribution in [0.25, 0.3) is 0 Å². The predicted molar refractivity (Wildman–Crippen MR) is 20.7 cm³/mol. The number of rotatable bonds is 0. The van der Waals surface area contributed by atoms with Gasteiger partial charge in [-0.15, -0.1) is 0 Å². The van der Waals surface area contributed by atoms with Gasteiger partial charge < -0.3 is 5.11 Å². The average molecular weight is 71.1 g/mol. The highest BCUT2D eigenvalue weighted by atomic mass is 16.2. The van der Waals surface area contributed by atoms with E-state index in [4.69, 9.17) is 5.11 Å². The molecule has 0 aromatic rings. The minimum absolute atomic E-state index is 0.810. The summed E-state index contributed by atoms with van der Waals surface area (Å²) in [5.41, 5.74) is 0.810. The Labute approximate surface area is 31.9 Å². The van der Waals surface area contributed by atoms with Gasteiger partial charge in [-0.05, 0) is 19.4 Å². The van der Waals surface area contributed by atoms with Crippen molar-refractivity contribution in [3.8, 4) is 0 Å². The normalized spacial score (nSPS) is 6.80. The zero-order valence-corrected chi connectivity index (χ0v) is 3.45. The number of aliphatic hydroxyl groups is 1. The second-order valence-corrected chi connectivity index (χ2v) is 1.11. The van der Waals surface area contributed by atoms with Crippen LogP contribution in [0, 0.1) is 6.26 Å². The maximum atomic E-state index is 7.86.